The molecule has 0 saturated carbocycles. The van der Waals surface area contributed by atoms with Crippen molar-refractivity contribution in [2.45, 2.75) is 19.4 Å². The van der Waals surface area contributed by atoms with Crippen molar-refractivity contribution in [1.29, 1.82) is 0 Å². The van der Waals surface area contributed by atoms with Gasteiger partial charge in [0.15, 0.2) is 0 Å². The molecule has 0 fully saturated rings. The molecule has 0 saturated heterocycles. The van der Waals surface area contributed by atoms with Crippen molar-refractivity contribution in [3.63, 3.8) is 0 Å². The molecule has 1 unspecified atom stereocenters. The fraction of sp³-hybridized carbons (Fsp3) is 0.357. The Balaban J connectivity index is 0.00000242. The number of nitrogens with two attached hydrogens (primary N) is 1. The minimum atomic E-state index is -0.365. The van der Waals surface area contributed by atoms with Crippen LogP contribution in [0.25, 0.3) is 11.4 Å². The molecule has 2 aromatic rings. The highest BCUT2D eigenvalue weighted by Crippen LogP contribution is 2.22. The maximum atomic E-state index is 11.5. The van der Waals surface area contributed by atoms with Gasteiger partial charge in [0.05, 0.1) is 7.11 Å². The van der Waals surface area contributed by atoms with Gasteiger partial charge in [-0.2, -0.15) is 4.98 Å². The van der Waals surface area contributed by atoms with Crippen LogP contribution in [0.5, 0.6) is 5.75 Å². The predicted molar refractivity (Wildman–Crippen MR) is 83.8 cm³/mol. The summed E-state index contributed by atoms with van der Waals surface area (Å²) in [5.74, 6) is 1.36. The number of benzene rings is 1. The fourth-order valence-electron chi connectivity index (χ4n) is 1.80. The molecular weight excluding hydrogens is 308 g/mol. The van der Waals surface area contributed by atoms with Gasteiger partial charge in [-0.15, -0.1) is 12.4 Å². The summed E-state index contributed by atoms with van der Waals surface area (Å²) < 4.78 is 10.3. The van der Waals surface area contributed by atoms with Gasteiger partial charge in [-0.25, -0.2) is 0 Å². The molecule has 2 rings (SSSR count). The van der Waals surface area contributed by atoms with Crippen molar-refractivity contribution >= 4 is 18.3 Å². The second-order valence-corrected chi connectivity index (χ2v) is 4.52. The van der Waals surface area contributed by atoms with Crippen LogP contribution in [0.15, 0.2) is 28.8 Å². The van der Waals surface area contributed by atoms with Crippen LogP contribution < -0.4 is 15.8 Å². The molecule has 0 aliphatic rings. The number of nitrogens with one attached hydrogen (secondary N) is 1. The van der Waals surface area contributed by atoms with Crippen LogP contribution in [-0.2, 0) is 4.79 Å². The molecule has 0 aliphatic carbocycles. The monoisotopic (exact) mass is 326 g/mol. The Morgan fingerprint density at radius 3 is 2.95 bits per heavy atom. The number of hydrogen-bond donors (Lipinski definition) is 2. The first kappa shape index (κ1) is 17.9. The number of aromatic nitrogens is 2. The maximum Gasteiger partial charge on any atom is 0.249 e. The third-order valence-electron chi connectivity index (χ3n) is 2.89. The molecule has 0 radical (unpaired) electrons. The van der Waals surface area contributed by atoms with E-state index in [1.165, 1.54) is 0 Å². The Bertz CT molecular complexity index is 618. The zero-order valence-corrected chi connectivity index (χ0v) is 13.2. The van der Waals surface area contributed by atoms with Gasteiger partial charge in [-0.3, -0.25) is 4.79 Å². The van der Waals surface area contributed by atoms with Crippen LogP contribution >= 0.6 is 12.4 Å². The van der Waals surface area contributed by atoms with E-state index in [0.717, 1.165) is 5.56 Å². The summed E-state index contributed by atoms with van der Waals surface area (Å²) in [6, 6.07) is 6.98. The molecule has 1 aromatic heterocycles. The Labute approximate surface area is 134 Å². The Morgan fingerprint density at radius 2 is 2.27 bits per heavy atom. The van der Waals surface area contributed by atoms with E-state index in [0.29, 0.717) is 24.0 Å². The standard InChI is InChI=1S/C14H18N4O3.ClH/c1-9(16-12(19)6-7-15)14-17-13(18-21-14)10-4-3-5-11(8-10)20-2;/h3-5,8-9H,6-7,15H2,1-2H3,(H,16,19);1H. The molecule has 1 heterocycles. The van der Waals surface area contributed by atoms with Gasteiger partial charge in [0.2, 0.25) is 17.6 Å². The highest BCUT2D eigenvalue weighted by molar-refractivity contribution is 5.85. The van der Waals surface area contributed by atoms with Gasteiger partial charge in [-0.1, -0.05) is 17.3 Å². The number of amides is 1. The smallest absolute Gasteiger partial charge is 0.249 e. The number of hydrogen-bond acceptors (Lipinski definition) is 6. The Kier molecular flexibility index (Phi) is 6.81. The molecular formula is C14H19ClN4O3. The highest BCUT2D eigenvalue weighted by atomic mass is 35.5. The van der Waals surface area contributed by atoms with Gasteiger partial charge < -0.3 is 20.3 Å². The molecule has 0 bridgehead atoms. The summed E-state index contributed by atoms with van der Waals surface area (Å²) in [5.41, 5.74) is 6.11. The van der Waals surface area contributed by atoms with Crippen molar-refractivity contribution in [2.75, 3.05) is 13.7 Å². The van der Waals surface area contributed by atoms with E-state index in [1.54, 1.807) is 14.0 Å². The van der Waals surface area contributed by atoms with Crippen molar-refractivity contribution in [3.05, 3.63) is 30.2 Å². The molecule has 0 spiro atoms. The van der Waals surface area contributed by atoms with Gasteiger partial charge >= 0.3 is 0 Å². The van der Waals surface area contributed by atoms with Gasteiger partial charge in [0.25, 0.3) is 0 Å². The molecule has 7 nitrogen and oxygen atoms in total. The van der Waals surface area contributed by atoms with Crippen LogP contribution in [-0.4, -0.2) is 29.7 Å². The summed E-state index contributed by atoms with van der Waals surface area (Å²) in [7, 11) is 1.59. The highest BCUT2D eigenvalue weighted by Gasteiger charge is 2.17. The molecule has 3 N–H and O–H groups in total. The lowest BCUT2D eigenvalue weighted by Gasteiger charge is -2.08. The summed E-state index contributed by atoms with van der Waals surface area (Å²) in [4.78, 5) is 15.8. The van der Waals surface area contributed by atoms with Gasteiger partial charge in [0, 0.05) is 18.5 Å². The number of ether oxygens (including phenoxy) is 1. The lowest BCUT2D eigenvalue weighted by atomic mass is 10.2. The van der Waals surface area contributed by atoms with E-state index in [9.17, 15) is 4.79 Å². The third-order valence-corrected chi connectivity index (χ3v) is 2.89. The summed E-state index contributed by atoms with van der Waals surface area (Å²) in [5, 5.41) is 6.66. The van der Waals surface area contributed by atoms with Crippen molar-refractivity contribution in [3.8, 4) is 17.1 Å². The summed E-state index contributed by atoms with van der Waals surface area (Å²) in [6.45, 7) is 2.08. The van der Waals surface area contributed by atoms with Crippen molar-refractivity contribution in [2.24, 2.45) is 5.73 Å². The molecule has 8 heteroatoms. The topological polar surface area (TPSA) is 103 Å². The normalized spacial score (nSPS) is 11.4. The van der Waals surface area contributed by atoms with E-state index >= 15 is 0 Å². The lowest BCUT2D eigenvalue weighted by Crippen LogP contribution is -2.28. The van der Waals surface area contributed by atoms with E-state index in [-0.39, 0.29) is 30.8 Å². The molecule has 22 heavy (non-hydrogen) atoms. The largest absolute Gasteiger partial charge is 0.497 e. The minimum Gasteiger partial charge on any atom is -0.497 e. The van der Waals surface area contributed by atoms with Crippen molar-refractivity contribution < 1.29 is 14.1 Å². The van der Waals surface area contributed by atoms with Crippen LogP contribution in [0.1, 0.15) is 25.3 Å². The average Bonchev–Trinajstić information content (AvgIpc) is 2.97. The molecule has 1 aromatic carbocycles. The Hall–Kier alpha value is -2.12. The molecule has 0 aliphatic heterocycles. The molecule has 1 atom stereocenters. The van der Waals surface area contributed by atoms with Crippen LogP contribution in [0.4, 0.5) is 0 Å². The first-order valence-electron chi connectivity index (χ1n) is 6.61. The van der Waals surface area contributed by atoms with Gasteiger partial charge in [-0.05, 0) is 19.1 Å². The summed E-state index contributed by atoms with van der Waals surface area (Å²) >= 11 is 0. The number of methoxy groups -OCH3 is 1. The minimum absolute atomic E-state index is 0. The predicted octanol–water partition coefficient (Wildman–Crippen LogP) is 1.69. The SMILES string of the molecule is COc1cccc(-c2noc(C(C)NC(=O)CCN)n2)c1.Cl. The van der Waals surface area contributed by atoms with Gasteiger partial charge in [0.1, 0.15) is 11.8 Å². The van der Waals surface area contributed by atoms with E-state index in [2.05, 4.69) is 15.5 Å². The Morgan fingerprint density at radius 1 is 1.50 bits per heavy atom. The first-order chi connectivity index (χ1) is 10.1. The van der Waals surface area contributed by atoms with E-state index in [4.69, 9.17) is 15.0 Å². The zero-order valence-electron chi connectivity index (χ0n) is 12.4. The zero-order chi connectivity index (χ0) is 15.2. The number of rotatable bonds is 6. The number of nitrogens with zero attached hydrogens (tertiary/aromatic N) is 2. The van der Waals surface area contributed by atoms with Crippen LogP contribution in [0.3, 0.4) is 0 Å². The van der Waals surface area contributed by atoms with Crippen LogP contribution in [0, 0.1) is 0 Å². The second kappa shape index (κ2) is 8.35. The second-order valence-electron chi connectivity index (χ2n) is 4.52. The average molecular weight is 327 g/mol. The fourth-order valence-corrected chi connectivity index (χ4v) is 1.80. The van der Waals surface area contributed by atoms with E-state index < -0.39 is 0 Å². The van der Waals surface area contributed by atoms with E-state index in [1.807, 2.05) is 24.3 Å². The van der Waals surface area contributed by atoms with Crippen molar-refractivity contribution in [1.82, 2.24) is 15.5 Å². The number of carbonyl (C=O) groups is 1. The summed E-state index contributed by atoms with van der Waals surface area (Å²) in [6.07, 6.45) is 0.265. The quantitative estimate of drug-likeness (QED) is 0.837. The lowest BCUT2D eigenvalue weighted by molar-refractivity contribution is -0.121. The number of halogens is 1. The number of carbonyl (C=O) groups excluding carboxylic acids is 1. The van der Waals surface area contributed by atoms with Crippen LogP contribution in [0.2, 0.25) is 0 Å². The molecule has 1 amide bonds. The molecule has 120 valence electrons. The third kappa shape index (κ3) is 4.44. The maximum absolute atomic E-state index is 11.5. The first-order valence-corrected chi connectivity index (χ1v) is 6.61.